The summed E-state index contributed by atoms with van der Waals surface area (Å²) in [7, 11) is 0. The highest BCUT2D eigenvalue weighted by molar-refractivity contribution is 5.93. The van der Waals surface area contributed by atoms with Crippen molar-refractivity contribution >= 4 is 16.8 Å². The molecule has 0 saturated carbocycles. The predicted molar refractivity (Wildman–Crippen MR) is 139 cm³/mol. The Hall–Kier alpha value is -4.26. The van der Waals surface area contributed by atoms with E-state index in [1.165, 1.54) is 22.4 Å². The molecule has 0 bridgehead atoms. The van der Waals surface area contributed by atoms with Gasteiger partial charge in [-0.05, 0) is 49.1 Å². The van der Waals surface area contributed by atoms with E-state index >= 15 is 0 Å². The zero-order valence-electron chi connectivity index (χ0n) is 20.1. The standard InChI is InChI=1S/C29H27FN4O2/c1-20-7-5-10-22(15-20)17-33-18-25-28(24-16-23(30)12-13-26(24)33)32-34(29(25)36)19-27(35)31-14-6-11-21-8-3-2-4-9-21/h2-5,7-10,12-13,15-16,18H,6,11,14,17,19H2,1H3,(H,31,35). The van der Waals surface area contributed by atoms with Gasteiger partial charge in [-0.25, -0.2) is 9.07 Å². The molecule has 5 rings (SSSR count). The molecule has 7 heteroatoms. The van der Waals surface area contributed by atoms with E-state index in [1.54, 1.807) is 12.3 Å². The number of hydrogen-bond acceptors (Lipinski definition) is 3. The number of fused-ring (bicyclic) bond motifs is 3. The molecule has 0 fully saturated rings. The van der Waals surface area contributed by atoms with Crippen molar-refractivity contribution in [2.24, 2.45) is 0 Å². The van der Waals surface area contributed by atoms with Crippen molar-refractivity contribution in [3.05, 3.63) is 112 Å². The van der Waals surface area contributed by atoms with Gasteiger partial charge < -0.3 is 9.88 Å². The number of nitrogens with one attached hydrogen (secondary N) is 1. The van der Waals surface area contributed by atoms with Gasteiger partial charge in [-0.2, -0.15) is 5.10 Å². The number of nitrogens with zero attached hydrogens (tertiary/aromatic N) is 3. The minimum atomic E-state index is -0.407. The molecule has 3 aromatic carbocycles. The summed E-state index contributed by atoms with van der Waals surface area (Å²) in [6.45, 7) is 2.87. The van der Waals surface area contributed by atoms with E-state index in [2.05, 4.69) is 28.6 Å². The molecular formula is C29H27FN4O2. The van der Waals surface area contributed by atoms with Gasteiger partial charge in [0.15, 0.2) is 0 Å². The molecule has 36 heavy (non-hydrogen) atoms. The Morgan fingerprint density at radius 1 is 1.00 bits per heavy atom. The Morgan fingerprint density at radius 2 is 1.81 bits per heavy atom. The second kappa shape index (κ2) is 10.2. The Labute approximate surface area is 208 Å². The van der Waals surface area contributed by atoms with Gasteiger partial charge in [0.2, 0.25) is 5.91 Å². The molecule has 0 saturated heterocycles. The van der Waals surface area contributed by atoms with Crippen molar-refractivity contribution in [1.29, 1.82) is 0 Å². The van der Waals surface area contributed by atoms with E-state index in [1.807, 2.05) is 47.9 Å². The lowest BCUT2D eigenvalue weighted by Gasteiger charge is -2.14. The summed E-state index contributed by atoms with van der Waals surface area (Å²) in [6, 6.07) is 22.7. The first-order chi connectivity index (χ1) is 17.5. The lowest BCUT2D eigenvalue weighted by molar-refractivity contribution is -0.121. The Kier molecular flexibility index (Phi) is 6.62. The minimum Gasteiger partial charge on any atom is -0.354 e. The fourth-order valence-corrected chi connectivity index (χ4v) is 4.55. The van der Waals surface area contributed by atoms with Crippen LogP contribution in [0.4, 0.5) is 4.39 Å². The SMILES string of the molecule is Cc1cccc(Cn2cc3c(=O)n(CC(=O)NCCCc4ccccc4)nc-3c3cc(F)ccc32)c1. The van der Waals surface area contributed by atoms with Crippen LogP contribution in [0.1, 0.15) is 23.1 Å². The molecule has 0 aliphatic carbocycles. The second-order valence-electron chi connectivity index (χ2n) is 9.07. The highest BCUT2D eigenvalue weighted by atomic mass is 19.1. The molecule has 0 atom stereocenters. The Morgan fingerprint density at radius 3 is 2.61 bits per heavy atom. The van der Waals surface area contributed by atoms with Crippen LogP contribution >= 0.6 is 0 Å². The largest absolute Gasteiger partial charge is 0.354 e. The summed E-state index contributed by atoms with van der Waals surface area (Å²) < 4.78 is 17.3. The zero-order chi connectivity index (χ0) is 25.1. The Balaban J connectivity index is 1.39. The first kappa shape index (κ1) is 23.5. The zero-order valence-corrected chi connectivity index (χ0v) is 20.1. The van der Waals surface area contributed by atoms with E-state index in [-0.39, 0.29) is 18.0 Å². The van der Waals surface area contributed by atoms with Crippen molar-refractivity contribution in [3.8, 4) is 11.3 Å². The first-order valence-corrected chi connectivity index (χ1v) is 12.0. The van der Waals surface area contributed by atoms with Gasteiger partial charge >= 0.3 is 0 Å². The number of carbonyl (C=O) groups excluding carboxylic acids is 1. The number of aryl methyl sites for hydroxylation is 2. The van der Waals surface area contributed by atoms with Crippen LogP contribution in [0, 0.1) is 12.7 Å². The highest BCUT2D eigenvalue weighted by Gasteiger charge is 2.21. The van der Waals surface area contributed by atoms with Gasteiger partial charge in [0.25, 0.3) is 5.56 Å². The molecule has 3 aromatic rings. The number of benzene rings is 3. The number of halogens is 1. The van der Waals surface area contributed by atoms with Crippen molar-refractivity contribution < 1.29 is 9.18 Å². The molecule has 2 aliphatic rings. The number of amides is 1. The second-order valence-corrected chi connectivity index (χ2v) is 9.07. The van der Waals surface area contributed by atoms with Gasteiger partial charge in [0.1, 0.15) is 18.1 Å². The average Bonchev–Trinajstić information content (AvgIpc) is 3.17. The molecule has 6 nitrogen and oxygen atoms in total. The summed E-state index contributed by atoms with van der Waals surface area (Å²) in [6.07, 6.45) is 3.41. The van der Waals surface area contributed by atoms with Crippen LogP contribution in [-0.2, 0) is 24.3 Å². The third-order valence-corrected chi connectivity index (χ3v) is 6.28. The first-order valence-electron chi connectivity index (χ1n) is 12.0. The summed E-state index contributed by atoms with van der Waals surface area (Å²) >= 11 is 0. The van der Waals surface area contributed by atoms with Crippen LogP contribution in [0.15, 0.2) is 83.8 Å². The molecular weight excluding hydrogens is 455 g/mol. The van der Waals surface area contributed by atoms with Crippen LogP contribution in [-0.4, -0.2) is 26.8 Å². The fourth-order valence-electron chi connectivity index (χ4n) is 4.55. The number of pyridine rings is 1. The molecule has 1 N–H and O–H groups in total. The summed E-state index contributed by atoms with van der Waals surface area (Å²) in [5.74, 6) is -0.689. The van der Waals surface area contributed by atoms with E-state index in [4.69, 9.17) is 0 Å². The number of carbonyl (C=O) groups is 1. The van der Waals surface area contributed by atoms with E-state index in [0.29, 0.717) is 29.7 Å². The van der Waals surface area contributed by atoms with E-state index < -0.39 is 5.82 Å². The van der Waals surface area contributed by atoms with Gasteiger partial charge in [0.05, 0.1) is 11.1 Å². The smallest absolute Gasteiger partial charge is 0.278 e. The molecule has 0 radical (unpaired) electrons. The summed E-state index contributed by atoms with van der Waals surface area (Å²) in [4.78, 5) is 25.7. The maximum atomic E-state index is 14.2. The molecule has 182 valence electrons. The number of aromatic nitrogens is 3. The van der Waals surface area contributed by atoms with Crippen LogP contribution in [0.2, 0.25) is 0 Å². The average molecular weight is 483 g/mol. The molecule has 2 heterocycles. The molecule has 1 amide bonds. The number of rotatable bonds is 8. The van der Waals surface area contributed by atoms with Crippen LogP contribution < -0.4 is 10.9 Å². The van der Waals surface area contributed by atoms with Gasteiger partial charge in [-0.3, -0.25) is 9.59 Å². The van der Waals surface area contributed by atoms with E-state index in [9.17, 15) is 14.0 Å². The van der Waals surface area contributed by atoms with Gasteiger partial charge in [-0.15, -0.1) is 0 Å². The number of hydrogen-bond donors (Lipinski definition) is 1. The van der Waals surface area contributed by atoms with E-state index in [0.717, 1.165) is 29.5 Å². The fraction of sp³-hybridized carbons (Fsp3) is 0.207. The van der Waals surface area contributed by atoms with Crippen LogP contribution in [0.5, 0.6) is 0 Å². The normalized spacial score (nSPS) is 11.3. The maximum absolute atomic E-state index is 14.2. The Bertz CT molecular complexity index is 1560. The molecule has 0 aromatic heterocycles. The maximum Gasteiger partial charge on any atom is 0.278 e. The monoisotopic (exact) mass is 482 g/mol. The van der Waals surface area contributed by atoms with Gasteiger partial charge in [0, 0.05) is 24.7 Å². The highest BCUT2D eigenvalue weighted by Crippen LogP contribution is 2.28. The lowest BCUT2D eigenvalue weighted by Crippen LogP contribution is -2.32. The quantitative estimate of drug-likeness (QED) is 0.330. The lowest BCUT2D eigenvalue weighted by atomic mass is 10.1. The van der Waals surface area contributed by atoms with Crippen molar-refractivity contribution in [2.45, 2.75) is 32.9 Å². The van der Waals surface area contributed by atoms with Gasteiger partial charge in [-0.1, -0.05) is 60.2 Å². The predicted octanol–water partition coefficient (Wildman–Crippen LogP) is 4.55. The molecule has 2 aliphatic heterocycles. The molecule has 0 spiro atoms. The van der Waals surface area contributed by atoms with Crippen molar-refractivity contribution in [2.75, 3.05) is 6.54 Å². The van der Waals surface area contributed by atoms with Crippen LogP contribution in [0.25, 0.3) is 22.2 Å². The van der Waals surface area contributed by atoms with Crippen molar-refractivity contribution in [3.63, 3.8) is 0 Å². The van der Waals surface area contributed by atoms with Crippen molar-refractivity contribution in [1.82, 2.24) is 19.7 Å². The van der Waals surface area contributed by atoms with Crippen LogP contribution in [0.3, 0.4) is 0 Å². The minimum absolute atomic E-state index is 0.187. The topological polar surface area (TPSA) is 68.9 Å². The summed E-state index contributed by atoms with van der Waals surface area (Å²) in [5, 5.41) is 7.83. The molecule has 0 unspecified atom stereocenters. The summed E-state index contributed by atoms with van der Waals surface area (Å²) in [5.41, 5.74) is 4.57. The third kappa shape index (κ3) is 5.05. The third-order valence-electron chi connectivity index (χ3n) is 6.28.